The van der Waals surface area contributed by atoms with Crippen molar-refractivity contribution in [3.05, 3.63) is 23.7 Å². The normalized spacial score (nSPS) is 19.6. The van der Waals surface area contributed by atoms with Crippen molar-refractivity contribution in [3.8, 4) is 0 Å². The van der Waals surface area contributed by atoms with Crippen LogP contribution in [0.4, 0.5) is 0 Å². The zero-order valence-electron chi connectivity index (χ0n) is 12.7. The largest absolute Gasteiger partial charge is 0.452 e. The lowest BCUT2D eigenvalue weighted by molar-refractivity contribution is -0.123. The van der Waals surface area contributed by atoms with Gasteiger partial charge in [-0.25, -0.2) is 0 Å². The van der Waals surface area contributed by atoms with E-state index in [0.29, 0.717) is 24.9 Å². The van der Waals surface area contributed by atoms with Gasteiger partial charge >= 0.3 is 0 Å². The molecule has 9 nitrogen and oxygen atoms in total. The van der Waals surface area contributed by atoms with Crippen molar-refractivity contribution in [2.24, 2.45) is 21.9 Å². The van der Waals surface area contributed by atoms with Crippen molar-refractivity contribution >= 4 is 31.3 Å². The first-order valence-corrected chi connectivity index (χ1v) is 6.69. The molecule has 9 heteroatoms. The van der Waals surface area contributed by atoms with Crippen molar-refractivity contribution < 1.29 is 23.5 Å². The Kier molecular flexibility index (Phi) is 11.8. The first-order valence-electron chi connectivity index (χ1n) is 6.69. The molecule has 1 aliphatic rings. The average molecular weight is 324 g/mol. The minimum Gasteiger partial charge on any atom is -0.452 e. The Bertz CT molecular complexity index is 513. The number of hydrogen-bond acceptors (Lipinski definition) is 9. The summed E-state index contributed by atoms with van der Waals surface area (Å²) in [6.07, 6.45) is 5.82. The van der Waals surface area contributed by atoms with Crippen molar-refractivity contribution in [1.82, 2.24) is 0 Å². The third-order valence-corrected chi connectivity index (χ3v) is 2.52. The van der Waals surface area contributed by atoms with Crippen LogP contribution in [0.3, 0.4) is 0 Å². The van der Waals surface area contributed by atoms with Crippen LogP contribution >= 0.6 is 0 Å². The number of hydrogen-bond donors (Lipinski definition) is 2. The fraction of sp³-hybridized carbons (Fsp3) is 0.357. The molecular formula is C14H20N4O5. The summed E-state index contributed by atoms with van der Waals surface area (Å²) in [6, 6.07) is 3.22. The number of carbonyl (C=O) groups is 3. The van der Waals surface area contributed by atoms with Gasteiger partial charge in [0, 0.05) is 6.21 Å². The SMILES string of the molecule is C/C=N/N=C/c1ccc(C=O)o1.NN.O=CC1CCC(C=O)O1. The lowest BCUT2D eigenvalue weighted by atomic mass is 10.2. The number of nitrogens with two attached hydrogens (primary N) is 2. The number of carbonyl (C=O) groups excluding carboxylic acids is 3. The zero-order chi connectivity index (χ0) is 17.5. The van der Waals surface area contributed by atoms with Crippen LogP contribution in [0.5, 0.6) is 0 Å². The van der Waals surface area contributed by atoms with E-state index in [1.165, 1.54) is 6.21 Å². The Morgan fingerprint density at radius 1 is 1.04 bits per heavy atom. The summed E-state index contributed by atoms with van der Waals surface area (Å²) in [5.74, 6) is 8.81. The Labute approximate surface area is 133 Å². The predicted molar refractivity (Wildman–Crippen MR) is 84.3 cm³/mol. The van der Waals surface area contributed by atoms with Gasteiger partial charge in [-0.1, -0.05) is 0 Å². The number of nitrogens with zero attached hydrogens (tertiary/aromatic N) is 2. The molecule has 0 aromatic carbocycles. The fourth-order valence-electron chi connectivity index (χ4n) is 1.55. The Morgan fingerprint density at radius 3 is 2.00 bits per heavy atom. The molecule has 0 aliphatic carbocycles. The van der Waals surface area contributed by atoms with E-state index in [-0.39, 0.29) is 18.0 Å². The monoisotopic (exact) mass is 324 g/mol. The second-order valence-corrected chi connectivity index (χ2v) is 4.04. The van der Waals surface area contributed by atoms with Gasteiger partial charge in [0.1, 0.15) is 30.5 Å². The van der Waals surface area contributed by atoms with Crippen molar-refractivity contribution in [2.75, 3.05) is 0 Å². The molecule has 1 saturated heterocycles. The standard InChI is InChI=1S/C8H8N2O2.C6H8O3.H4N2/c1-2-9-10-5-7-3-4-8(6-11)12-7;7-3-5-1-2-6(4-8)9-5;1-2/h2-6H,1H3;3-6H,1-2H2;1-2H2/b9-2+,10-5+;;. The fourth-order valence-corrected chi connectivity index (χ4v) is 1.55. The summed E-state index contributed by atoms with van der Waals surface area (Å²) in [6.45, 7) is 1.76. The predicted octanol–water partition coefficient (Wildman–Crippen LogP) is 0.267. The van der Waals surface area contributed by atoms with E-state index in [2.05, 4.69) is 21.9 Å². The Hall–Kier alpha value is -2.49. The number of rotatable bonds is 5. The van der Waals surface area contributed by atoms with Gasteiger partial charge in [-0.15, -0.1) is 0 Å². The van der Waals surface area contributed by atoms with E-state index < -0.39 is 0 Å². The molecule has 0 spiro atoms. The number of furan rings is 1. The van der Waals surface area contributed by atoms with Crippen LogP contribution in [0.15, 0.2) is 26.8 Å². The third-order valence-electron chi connectivity index (χ3n) is 2.52. The molecule has 0 amide bonds. The molecule has 1 fully saturated rings. The molecule has 2 heterocycles. The summed E-state index contributed by atoms with van der Waals surface area (Å²) in [5, 5.41) is 7.24. The molecular weight excluding hydrogens is 304 g/mol. The number of hydrazine groups is 1. The van der Waals surface area contributed by atoms with Crippen LogP contribution in [0.25, 0.3) is 0 Å². The van der Waals surface area contributed by atoms with Gasteiger partial charge in [-0.3, -0.25) is 16.5 Å². The highest BCUT2D eigenvalue weighted by molar-refractivity contribution is 5.79. The van der Waals surface area contributed by atoms with Gasteiger partial charge in [0.2, 0.25) is 0 Å². The van der Waals surface area contributed by atoms with Gasteiger partial charge in [0.05, 0.1) is 6.21 Å². The summed E-state index contributed by atoms with van der Waals surface area (Å²) >= 11 is 0. The van der Waals surface area contributed by atoms with Gasteiger partial charge in [0.25, 0.3) is 0 Å². The topological polar surface area (TPSA) is 150 Å². The minimum atomic E-state index is -0.333. The highest BCUT2D eigenvalue weighted by Gasteiger charge is 2.23. The van der Waals surface area contributed by atoms with Gasteiger partial charge in [0.15, 0.2) is 12.0 Å². The van der Waals surface area contributed by atoms with Crippen LogP contribution in [-0.4, -0.2) is 43.5 Å². The summed E-state index contributed by atoms with van der Waals surface area (Å²) < 4.78 is 9.91. The maximum absolute atomic E-state index is 10.2. The number of aldehydes is 3. The first kappa shape index (κ1) is 20.5. The lowest BCUT2D eigenvalue weighted by Gasteiger charge is -1.99. The van der Waals surface area contributed by atoms with E-state index in [0.717, 1.165) is 12.6 Å². The van der Waals surface area contributed by atoms with Crippen molar-refractivity contribution in [3.63, 3.8) is 0 Å². The van der Waals surface area contributed by atoms with Crippen LogP contribution in [-0.2, 0) is 14.3 Å². The second kappa shape index (κ2) is 13.2. The van der Waals surface area contributed by atoms with Gasteiger partial charge in [-0.2, -0.15) is 10.2 Å². The van der Waals surface area contributed by atoms with Crippen LogP contribution < -0.4 is 11.7 Å². The van der Waals surface area contributed by atoms with Gasteiger partial charge in [-0.05, 0) is 31.9 Å². The Morgan fingerprint density at radius 2 is 1.61 bits per heavy atom. The first-order chi connectivity index (χ1) is 11.2. The van der Waals surface area contributed by atoms with Crippen LogP contribution in [0.1, 0.15) is 36.1 Å². The molecule has 0 bridgehead atoms. The highest BCUT2D eigenvalue weighted by atomic mass is 16.5. The minimum absolute atomic E-state index is 0.289. The number of ether oxygens (including phenoxy) is 1. The molecule has 2 rings (SSSR count). The van der Waals surface area contributed by atoms with Crippen molar-refractivity contribution in [1.29, 1.82) is 0 Å². The maximum atomic E-state index is 10.2. The molecule has 0 radical (unpaired) electrons. The summed E-state index contributed by atoms with van der Waals surface area (Å²) in [7, 11) is 0. The molecule has 0 saturated carbocycles. The molecule has 23 heavy (non-hydrogen) atoms. The second-order valence-electron chi connectivity index (χ2n) is 4.04. The zero-order valence-corrected chi connectivity index (χ0v) is 12.7. The molecule has 2 unspecified atom stereocenters. The molecule has 1 aliphatic heterocycles. The molecule has 1 aromatic rings. The molecule has 126 valence electrons. The Balaban J connectivity index is 0.000000392. The van der Waals surface area contributed by atoms with E-state index in [4.69, 9.17) is 9.15 Å². The maximum Gasteiger partial charge on any atom is 0.185 e. The van der Waals surface area contributed by atoms with Crippen LogP contribution in [0, 0.1) is 0 Å². The quantitative estimate of drug-likeness (QED) is 0.341. The molecule has 4 N–H and O–H groups in total. The third kappa shape index (κ3) is 8.51. The average Bonchev–Trinajstić information content (AvgIpc) is 3.26. The van der Waals surface area contributed by atoms with E-state index >= 15 is 0 Å². The van der Waals surface area contributed by atoms with E-state index in [9.17, 15) is 14.4 Å². The molecule has 2 atom stereocenters. The summed E-state index contributed by atoms with van der Waals surface area (Å²) in [5.41, 5.74) is 0. The van der Waals surface area contributed by atoms with E-state index in [1.807, 2.05) is 0 Å². The van der Waals surface area contributed by atoms with Gasteiger partial charge < -0.3 is 18.7 Å². The van der Waals surface area contributed by atoms with E-state index in [1.54, 1.807) is 25.3 Å². The smallest absolute Gasteiger partial charge is 0.185 e. The lowest BCUT2D eigenvalue weighted by Crippen LogP contribution is -2.12. The molecule has 1 aromatic heterocycles. The van der Waals surface area contributed by atoms with Crippen molar-refractivity contribution in [2.45, 2.75) is 32.0 Å². The summed E-state index contributed by atoms with van der Waals surface area (Å²) in [4.78, 5) is 30.2. The van der Waals surface area contributed by atoms with Crippen LogP contribution in [0.2, 0.25) is 0 Å². The highest BCUT2D eigenvalue weighted by Crippen LogP contribution is 2.15.